The van der Waals surface area contributed by atoms with E-state index in [4.69, 9.17) is 0 Å². The highest BCUT2D eigenvalue weighted by Gasteiger charge is 2.35. The van der Waals surface area contributed by atoms with Crippen molar-refractivity contribution in [2.24, 2.45) is 0 Å². The molecule has 1 aromatic carbocycles. The van der Waals surface area contributed by atoms with Crippen LogP contribution >= 0.6 is 0 Å². The Hall–Kier alpha value is -2.28. The first-order chi connectivity index (χ1) is 12.8. The van der Waals surface area contributed by atoms with Crippen LogP contribution in [0.5, 0.6) is 0 Å². The maximum Gasteiger partial charge on any atom is 0.241 e. The van der Waals surface area contributed by atoms with Gasteiger partial charge in [-0.2, -0.15) is 0 Å². The minimum Gasteiger partial charge on any atom is -0.325 e. The molecule has 2 fully saturated rings. The van der Waals surface area contributed by atoms with Crippen LogP contribution in [0.4, 0.5) is 5.69 Å². The van der Waals surface area contributed by atoms with Gasteiger partial charge in [0, 0.05) is 11.7 Å². The molecule has 0 spiro atoms. The first-order valence-corrected chi connectivity index (χ1v) is 9.71. The van der Waals surface area contributed by atoms with Crippen LogP contribution in [0.3, 0.4) is 0 Å². The minimum atomic E-state index is -0.00482. The van der Waals surface area contributed by atoms with Crippen LogP contribution in [-0.4, -0.2) is 49.6 Å². The summed E-state index contributed by atoms with van der Waals surface area (Å²) in [6.45, 7) is 1.05. The van der Waals surface area contributed by atoms with E-state index in [1.54, 1.807) is 11.0 Å². The maximum atomic E-state index is 13.0. The average Bonchev–Trinajstić information content (AvgIpc) is 3.30. The normalized spacial score (nSPS) is 22.2. The third kappa shape index (κ3) is 3.77. The molecular weight excluding hydrogens is 328 g/mol. The second kappa shape index (κ2) is 7.95. The predicted octanol–water partition coefficient (Wildman–Crippen LogP) is 2.79. The molecule has 1 saturated carbocycles. The van der Waals surface area contributed by atoms with Crippen molar-refractivity contribution >= 4 is 11.6 Å². The summed E-state index contributed by atoms with van der Waals surface area (Å²) in [5, 5.41) is 14.3. The van der Waals surface area contributed by atoms with Crippen LogP contribution in [0.15, 0.2) is 30.6 Å². The zero-order valence-electron chi connectivity index (χ0n) is 15.0. The van der Waals surface area contributed by atoms with Crippen LogP contribution in [-0.2, 0) is 4.79 Å². The van der Waals surface area contributed by atoms with E-state index in [0.717, 1.165) is 30.8 Å². The standard InChI is InChI=1S/C19H26N6O/c26-19(18-11-6-12-24(18)16-8-3-1-2-4-9-16)21-15-7-5-10-17(13-15)25-14-20-22-23-25/h5,7,10,13-14,16,18H,1-4,6,8-9,11-12H2,(H,21,26). The SMILES string of the molecule is O=C(Nc1cccc(-n2cnnn2)c1)C1CCCN1C1CCCCCC1. The molecule has 1 aliphatic carbocycles. The van der Waals surface area contributed by atoms with Crippen LogP contribution in [0, 0.1) is 0 Å². The molecule has 138 valence electrons. The fourth-order valence-corrected chi connectivity index (χ4v) is 4.33. The van der Waals surface area contributed by atoms with Crippen LogP contribution < -0.4 is 5.32 Å². The second-order valence-electron chi connectivity index (χ2n) is 7.34. The lowest BCUT2D eigenvalue weighted by Crippen LogP contribution is -2.45. The van der Waals surface area contributed by atoms with E-state index in [9.17, 15) is 4.79 Å². The summed E-state index contributed by atoms with van der Waals surface area (Å²) in [5.41, 5.74) is 1.62. The number of nitrogens with one attached hydrogen (secondary N) is 1. The van der Waals surface area contributed by atoms with Crippen molar-refractivity contribution < 1.29 is 4.79 Å². The Morgan fingerprint density at radius 2 is 1.92 bits per heavy atom. The lowest BCUT2D eigenvalue weighted by Gasteiger charge is -2.31. The van der Waals surface area contributed by atoms with Crippen molar-refractivity contribution in [3.8, 4) is 5.69 Å². The fraction of sp³-hybridized carbons (Fsp3) is 0.579. The topological polar surface area (TPSA) is 75.9 Å². The van der Waals surface area contributed by atoms with E-state index < -0.39 is 0 Å². The molecule has 7 heteroatoms. The molecule has 1 atom stereocenters. The maximum absolute atomic E-state index is 13.0. The highest BCUT2D eigenvalue weighted by Crippen LogP contribution is 2.29. The van der Waals surface area contributed by atoms with E-state index in [2.05, 4.69) is 25.7 Å². The number of tetrazole rings is 1. The third-order valence-corrected chi connectivity index (χ3v) is 5.62. The third-order valence-electron chi connectivity index (χ3n) is 5.62. The Morgan fingerprint density at radius 1 is 1.08 bits per heavy atom. The highest BCUT2D eigenvalue weighted by molar-refractivity contribution is 5.95. The van der Waals surface area contributed by atoms with E-state index in [0.29, 0.717) is 6.04 Å². The van der Waals surface area contributed by atoms with E-state index >= 15 is 0 Å². The number of anilines is 1. The van der Waals surface area contributed by atoms with Gasteiger partial charge in [0.2, 0.25) is 5.91 Å². The van der Waals surface area contributed by atoms with Crippen LogP contribution in [0.25, 0.3) is 5.69 Å². The molecule has 2 heterocycles. The smallest absolute Gasteiger partial charge is 0.241 e. The zero-order valence-corrected chi connectivity index (χ0v) is 15.0. The van der Waals surface area contributed by atoms with Gasteiger partial charge in [-0.25, -0.2) is 4.68 Å². The quantitative estimate of drug-likeness (QED) is 0.855. The molecule has 26 heavy (non-hydrogen) atoms. The first kappa shape index (κ1) is 17.1. The number of carbonyl (C=O) groups is 1. The largest absolute Gasteiger partial charge is 0.325 e. The number of nitrogens with zero attached hydrogens (tertiary/aromatic N) is 5. The number of hydrogen-bond acceptors (Lipinski definition) is 5. The lowest BCUT2D eigenvalue weighted by molar-refractivity contribution is -0.121. The Kier molecular flexibility index (Phi) is 5.24. The van der Waals surface area contributed by atoms with Crippen molar-refractivity contribution in [2.45, 2.75) is 63.5 Å². The fourth-order valence-electron chi connectivity index (χ4n) is 4.33. The van der Waals surface area contributed by atoms with Gasteiger partial charge in [-0.05, 0) is 60.9 Å². The monoisotopic (exact) mass is 354 g/mol. The molecule has 1 aromatic heterocycles. The van der Waals surface area contributed by atoms with Gasteiger partial charge in [-0.15, -0.1) is 5.10 Å². The molecule has 0 radical (unpaired) electrons. The van der Waals surface area contributed by atoms with Gasteiger partial charge in [0.1, 0.15) is 6.33 Å². The summed E-state index contributed by atoms with van der Waals surface area (Å²) >= 11 is 0. The van der Waals surface area contributed by atoms with Crippen molar-refractivity contribution in [3.05, 3.63) is 30.6 Å². The Balaban J connectivity index is 1.44. The number of carbonyl (C=O) groups excluding carboxylic acids is 1. The Labute approximate surface area is 153 Å². The summed E-state index contributed by atoms with van der Waals surface area (Å²) in [5.74, 6) is 0.112. The van der Waals surface area contributed by atoms with Crippen LogP contribution in [0.1, 0.15) is 51.4 Å². The first-order valence-electron chi connectivity index (χ1n) is 9.71. The molecule has 1 amide bonds. The summed E-state index contributed by atoms with van der Waals surface area (Å²) in [6, 6.07) is 8.21. The molecule has 0 bridgehead atoms. The van der Waals surface area contributed by atoms with Crippen LogP contribution in [0.2, 0.25) is 0 Å². The number of amides is 1. The van der Waals surface area contributed by atoms with Gasteiger partial charge in [-0.3, -0.25) is 9.69 Å². The van der Waals surface area contributed by atoms with Gasteiger partial charge in [0.25, 0.3) is 0 Å². The molecule has 7 nitrogen and oxygen atoms in total. The van der Waals surface area contributed by atoms with Crippen molar-refractivity contribution in [3.63, 3.8) is 0 Å². The van der Waals surface area contributed by atoms with E-state index in [1.807, 2.05) is 24.3 Å². The highest BCUT2D eigenvalue weighted by atomic mass is 16.2. The predicted molar refractivity (Wildman–Crippen MR) is 99.0 cm³/mol. The number of rotatable bonds is 4. The Morgan fingerprint density at radius 3 is 2.69 bits per heavy atom. The molecule has 1 aliphatic heterocycles. The number of likely N-dealkylation sites (tertiary alicyclic amines) is 1. The number of hydrogen-bond donors (Lipinski definition) is 1. The zero-order chi connectivity index (χ0) is 17.8. The van der Waals surface area contributed by atoms with Crippen molar-refractivity contribution in [1.82, 2.24) is 25.1 Å². The van der Waals surface area contributed by atoms with Crippen molar-refractivity contribution in [1.29, 1.82) is 0 Å². The average molecular weight is 354 g/mol. The molecule has 1 unspecified atom stereocenters. The summed E-state index contributed by atoms with van der Waals surface area (Å²) in [4.78, 5) is 15.4. The lowest BCUT2D eigenvalue weighted by atomic mass is 10.1. The van der Waals surface area contributed by atoms with Crippen molar-refractivity contribution in [2.75, 3.05) is 11.9 Å². The molecule has 1 saturated heterocycles. The molecule has 2 aliphatic rings. The molecule has 4 rings (SSSR count). The minimum absolute atomic E-state index is 0.00482. The molecule has 1 N–H and O–H groups in total. The summed E-state index contributed by atoms with van der Waals surface area (Å²) < 4.78 is 1.59. The van der Waals surface area contributed by atoms with Gasteiger partial charge < -0.3 is 5.32 Å². The van der Waals surface area contributed by atoms with E-state index in [-0.39, 0.29) is 11.9 Å². The molecular formula is C19H26N6O. The number of aromatic nitrogens is 4. The van der Waals surface area contributed by atoms with Gasteiger partial charge in [0.15, 0.2) is 0 Å². The number of benzene rings is 1. The summed E-state index contributed by atoms with van der Waals surface area (Å²) in [7, 11) is 0. The molecule has 2 aromatic rings. The Bertz CT molecular complexity index is 723. The van der Waals surface area contributed by atoms with E-state index in [1.165, 1.54) is 38.5 Å². The van der Waals surface area contributed by atoms with Gasteiger partial charge in [-0.1, -0.05) is 31.7 Å². The van der Waals surface area contributed by atoms with Gasteiger partial charge >= 0.3 is 0 Å². The summed E-state index contributed by atoms with van der Waals surface area (Å²) in [6.07, 6.45) is 11.3. The van der Waals surface area contributed by atoms with Gasteiger partial charge in [0.05, 0.1) is 11.7 Å². The second-order valence-corrected chi connectivity index (χ2v) is 7.34.